The van der Waals surface area contributed by atoms with Gasteiger partial charge in [0.15, 0.2) is 0 Å². The van der Waals surface area contributed by atoms with Gasteiger partial charge in [-0.05, 0) is 48.2 Å². The first kappa shape index (κ1) is 16.1. The second-order valence-electron chi connectivity index (χ2n) is 5.66. The first-order valence-corrected chi connectivity index (χ1v) is 9.20. The Bertz CT molecular complexity index is 724. The summed E-state index contributed by atoms with van der Waals surface area (Å²) in [6, 6.07) is 10.7. The lowest BCUT2D eigenvalue weighted by atomic mass is 9.94. The zero-order chi connectivity index (χ0) is 16.1. The monoisotopic (exact) mass is 332 g/mol. The highest BCUT2D eigenvalue weighted by Gasteiger charge is 2.18. The standard InChI is InChI=1S/C17H20N2O3S/c20-23(21,19-12-14-7-9-18-10-8-14)17-5-3-15(4-6-17)16-2-1-11-22-13-16/h3-10,16,19H,1-2,11-13H2. The molecule has 6 heteroatoms. The first-order chi connectivity index (χ1) is 11.1. The molecule has 1 aromatic carbocycles. The number of sulfonamides is 1. The van der Waals surface area contributed by atoms with E-state index in [-0.39, 0.29) is 11.4 Å². The molecule has 1 N–H and O–H groups in total. The number of benzene rings is 1. The summed E-state index contributed by atoms with van der Waals surface area (Å²) < 4.78 is 32.8. The van der Waals surface area contributed by atoms with E-state index in [0.717, 1.165) is 30.6 Å². The van der Waals surface area contributed by atoms with Crippen molar-refractivity contribution in [1.82, 2.24) is 9.71 Å². The Morgan fingerprint density at radius 2 is 1.87 bits per heavy atom. The fourth-order valence-electron chi connectivity index (χ4n) is 2.69. The van der Waals surface area contributed by atoms with E-state index in [1.54, 1.807) is 36.7 Å². The topological polar surface area (TPSA) is 68.3 Å². The Kier molecular flexibility index (Phi) is 5.05. The number of rotatable bonds is 5. The predicted octanol–water partition coefficient (Wildman–Crippen LogP) is 2.45. The molecular weight excluding hydrogens is 312 g/mol. The molecule has 1 fully saturated rings. The highest BCUT2D eigenvalue weighted by molar-refractivity contribution is 7.89. The molecule has 0 radical (unpaired) electrons. The fraction of sp³-hybridized carbons (Fsp3) is 0.353. The molecule has 0 saturated carbocycles. The minimum absolute atomic E-state index is 0.253. The second-order valence-corrected chi connectivity index (χ2v) is 7.43. The molecule has 3 rings (SSSR count). The van der Waals surface area contributed by atoms with Crippen molar-refractivity contribution >= 4 is 10.0 Å². The van der Waals surface area contributed by atoms with E-state index in [9.17, 15) is 8.42 Å². The number of ether oxygens (including phenoxy) is 1. The van der Waals surface area contributed by atoms with Crippen LogP contribution >= 0.6 is 0 Å². The van der Waals surface area contributed by atoms with Gasteiger partial charge in [0.25, 0.3) is 0 Å². The van der Waals surface area contributed by atoms with Gasteiger partial charge in [-0.2, -0.15) is 0 Å². The second kappa shape index (κ2) is 7.21. The molecule has 122 valence electrons. The lowest BCUT2D eigenvalue weighted by Crippen LogP contribution is -2.23. The molecular formula is C17H20N2O3S. The highest BCUT2D eigenvalue weighted by atomic mass is 32.2. The zero-order valence-electron chi connectivity index (χ0n) is 12.8. The van der Waals surface area contributed by atoms with Crippen LogP contribution in [-0.2, 0) is 21.3 Å². The minimum atomic E-state index is -3.51. The number of nitrogens with one attached hydrogen (secondary N) is 1. The molecule has 2 heterocycles. The molecule has 0 bridgehead atoms. The minimum Gasteiger partial charge on any atom is -0.381 e. The lowest BCUT2D eigenvalue weighted by Gasteiger charge is -2.22. The van der Waals surface area contributed by atoms with Crippen LogP contribution in [-0.4, -0.2) is 26.6 Å². The highest BCUT2D eigenvalue weighted by Crippen LogP contribution is 2.26. The van der Waals surface area contributed by atoms with Crippen molar-refractivity contribution in [3.8, 4) is 0 Å². The van der Waals surface area contributed by atoms with Crippen LogP contribution in [0.2, 0.25) is 0 Å². The number of hydrogen-bond donors (Lipinski definition) is 1. The number of hydrogen-bond acceptors (Lipinski definition) is 4. The van der Waals surface area contributed by atoms with E-state index in [2.05, 4.69) is 9.71 Å². The smallest absolute Gasteiger partial charge is 0.240 e. The number of nitrogens with zero attached hydrogens (tertiary/aromatic N) is 1. The molecule has 1 saturated heterocycles. The summed E-state index contributed by atoms with van der Waals surface area (Å²) in [5, 5.41) is 0. The normalized spacial score (nSPS) is 18.7. The molecule has 23 heavy (non-hydrogen) atoms. The van der Waals surface area contributed by atoms with E-state index in [4.69, 9.17) is 4.74 Å². The fourth-order valence-corrected chi connectivity index (χ4v) is 3.70. The first-order valence-electron chi connectivity index (χ1n) is 7.71. The molecule has 2 aromatic rings. The summed E-state index contributed by atoms with van der Waals surface area (Å²) >= 11 is 0. The average Bonchev–Trinajstić information content (AvgIpc) is 2.62. The maximum Gasteiger partial charge on any atom is 0.240 e. The van der Waals surface area contributed by atoms with Gasteiger partial charge in [-0.15, -0.1) is 0 Å². The van der Waals surface area contributed by atoms with Crippen molar-refractivity contribution in [3.63, 3.8) is 0 Å². The Morgan fingerprint density at radius 1 is 1.13 bits per heavy atom. The van der Waals surface area contributed by atoms with Gasteiger partial charge in [-0.1, -0.05) is 12.1 Å². The van der Waals surface area contributed by atoms with E-state index in [1.165, 1.54) is 0 Å². The van der Waals surface area contributed by atoms with E-state index >= 15 is 0 Å². The third-order valence-electron chi connectivity index (χ3n) is 4.04. The predicted molar refractivity (Wildman–Crippen MR) is 87.5 cm³/mol. The Balaban J connectivity index is 1.67. The molecule has 0 aliphatic carbocycles. The maximum absolute atomic E-state index is 12.3. The average molecular weight is 332 g/mol. The molecule has 1 atom stereocenters. The van der Waals surface area contributed by atoms with Crippen molar-refractivity contribution in [3.05, 3.63) is 59.9 Å². The van der Waals surface area contributed by atoms with Gasteiger partial charge in [0, 0.05) is 31.5 Å². The van der Waals surface area contributed by atoms with Crippen molar-refractivity contribution in [2.75, 3.05) is 13.2 Å². The summed E-state index contributed by atoms with van der Waals surface area (Å²) in [6.07, 6.45) is 5.43. The Labute approximate surface area is 136 Å². The largest absolute Gasteiger partial charge is 0.381 e. The van der Waals surface area contributed by atoms with Crippen LogP contribution in [0.25, 0.3) is 0 Å². The van der Waals surface area contributed by atoms with Crippen LogP contribution < -0.4 is 4.72 Å². The molecule has 1 aromatic heterocycles. The van der Waals surface area contributed by atoms with Gasteiger partial charge in [-0.3, -0.25) is 4.98 Å². The van der Waals surface area contributed by atoms with Gasteiger partial charge in [-0.25, -0.2) is 13.1 Å². The van der Waals surface area contributed by atoms with Gasteiger partial charge in [0.05, 0.1) is 11.5 Å². The summed E-state index contributed by atoms with van der Waals surface area (Å²) in [5.74, 6) is 0.366. The maximum atomic E-state index is 12.3. The van der Waals surface area contributed by atoms with Crippen LogP contribution in [0.3, 0.4) is 0 Å². The summed E-state index contributed by atoms with van der Waals surface area (Å²) in [6.45, 7) is 1.79. The van der Waals surface area contributed by atoms with E-state index in [0.29, 0.717) is 12.5 Å². The zero-order valence-corrected chi connectivity index (χ0v) is 13.6. The summed E-state index contributed by atoms with van der Waals surface area (Å²) in [4.78, 5) is 4.20. The molecule has 0 spiro atoms. The van der Waals surface area contributed by atoms with Gasteiger partial charge in [0.2, 0.25) is 10.0 Å². The molecule has 1 aliphatic heterocycles. The van der Waals surface area contributed by atoms with E-state index in [1.807, 2.05) is 12.1 Å². The molecule has 5 nitrogen and oxygen atoms in total. The van der Waals surface area contributed by atoms with Crippen LogP contribution in [0.5, 0.6) is 0 Å². The van der Waals surface area contributed by atoms with Crippen molar-refractivity contribution in [2.24, 2.45) is 0 Å². The SMILES string of the molecule is O=S(=O)(NCc1ccncc1)c1ccc(C2CCCOC2)cc1. The number of aromatic nitrogens is 1. The van der Waals surface area contributed by atoms with Gasteiger partial charge >= 0.3 is 0 Å². The molecule has 1 unspecified atom stereocenters. The summed E-state index contributed by atoms with van der Waals surface area (Å²) in [7, 11) is -3.51. The van der Waals surface area contributed by atoms with Crippen molar-refractivity contribution in [2.45, 2.75) is 30.2 Å². The van der Waals surface area contributed by atoms with Crippen LogP contribution in [0.1, 0.15) is 29.9 Å². The van der Waals surface area contributed by atoms with Crippen LogP contribution in [0.4, 0.5) is 0 Å². The quantitative estimate of drug-likeness (QED) is 0.913. The molecule has 0 amide bonds. The van der Waals surface area contributed by atoms with Crippen molar-refractivity contribution < 1.29 is 13.2 Å². The van der Waals surface area contributed by atoms with Gasteiger partial charge < -0.3 is 4.74 Å². The van der Waals surface area contributed by atoms with Gasteiger partial charge in [0.1, 0.15) is 0 Å². The molecule has 1 aliphatic rings. The Hall–Kier alpha value is -1.76. The Morgan fingerprint density at radius 3 is 2.52 bits per heavy atom. The van der Waals surface area contributed by atoms with Crippen LogP contribution in [0.15, 0.2) is 53.7 Å². The number of pyridine rings is 1. The van der Waals surface area contributed by atoms with Crippen molar-refractivity contribution in [1.29, 1.82) is 0 Å². The third-order valence-corrected chi connectivity index (χ3v) is 5.45. The van der Waals surface area contributed by atoms with Crippen LogP contribution in [0, 0.1) is 0 Å². The third kappa shape index (κ3) is 4.16. The lowest BCUT2D eigenvalue weighted by molar-refractivity contribution is 0.0804. The van der Waals surface area contributed by atoms with E-state index < -0.39 is 10.0 Å². The summed E-state index contributed by atoms with van der Waals surface area (Å²) in [5.41, 5.74) is 2.01.